The number of hydrogen-bond acceptors (Lipinski definition) is 4. The van der Waals surface area contributed by atoms with Gasteiger partial charge in [0.1, 0.15) is 6.33 Å². The fourth-order valence-electron chi connectivity index (χ4n) is 2.16. The maximum atomic E-state index is 6.14. The van der Waals surface area contributed by atoms with Crippen molar-refractivity contribution >= 4 is 0 Å². The molecule has 0 saturated heterocycles. The Bertz CT molecular complexity index is 344. The maximum Gasteiger partial charge on any atom is 0.216 e. The fourth-order valence-corrected chi connectivity index (χ4v) is 2.16. The van der Waals surface area contributed by atoms with Gasteiger partial charge in [0, 0.05) is 24.2 Å². The molecule has 0 amide bonds. The van der Waals surface area contributed by atoms with Crippen molar-refractivity contribution in [1.82, 2.24) is 9.97 Å². The molecule has 19 heavy (non-hydrogen) atoms. The Morgan fingerprint density at radius 3 is 2.63 bits per heavy atom. The number of hydrogen-bond donors (Lipinski definition) is 1. The maximum absolute atomic E-state index is 6.14. The molecule has 0 aliphatic heterocycles. The van der Waals surface area contributed by atoms with Crippen LogP contribution >= 0.6 is 0 Å². The molecule has 4 nitrogen and oxygen atoms in total. The first-order valence-corrected chi connectivity index (χ1v) is 7.36. The van der Waals surface area contributed by atoms with E-state index in [-0.39, 0.29) is 6.04 Å². The highest BCUT2D eigenvalue weighted by Gasteiger charge is 2.06. The standard InChI is InChI=1S/C15H27N3O/c1-3-4-5-6-7-8-9-13(16)10-14-11-15(19-2)18-12-17-14/h11-13H,3-10,16H2,1-2H3. The van der Waals surface area contributed by atoms with Gasteiger partial charge in [0.25, 0.3) is 0 Å². The topological polar surface area (TPSA) is 61.0 Å². The highest BCUT2D eigenvalue weighted by molar-refractivity contribution is 5.14. The molecule has 0 fully saturated rings. The lowest BCUT2D eigenvalue weighted by Crippen LogP contribution is -2.23. The van der Waals surface area contributed by atoms with E-state index >= 15 is 0 Å². The van der Waals surface area contributed by atoms with Crippen LogP contribution in [0.3, 0.4) is 0 Å². The molecule has 0 aliphatic rings. The third-order valence-electron chi connectivity index (χ3n) is 3.31. The van der Waals surface area contributed by atoms with Crippen LogP contribution in [0.2, 0.25) is 0 Å². The lowest BCUT2D eigenvalue weighted by molar-refractivity contribution is 0.395. The number of ether oxygens (including phenoxy) is 1. The first-order chi connectivity index (χ1) is 9.26. The number of rotatable bonds is 10. The fraction of sp³-hybridized carbons (Fsp3) is 0.733. The molecule has 0 spiro atoms. The van der Waals surface area contributed by atoms with Gasteiger partial charge in [0.15, 0.2) is 0 Å². The van der Waals surface area contributed by atoms with E-state index in [4.69, 9.17) is 10.5 Å². The van der Waals surface area contributed by atoms with Crippen molar-refractivity contribution < 1.29 is 4.74 Å². The van der Waals surface area contributed by atoms with E-state index in [1.54, 1.807) is 7.11 Å². The minimum Gasteiger partial charge on any atom is -0.481 e. The van der Waals surface area contributed by atoms with Crippen molar-refractivity contribution in [1.29, 1.82) is 0 Å². The van der Waals surface area contributed by atoms with Gasteiger partial charge >= 0.3 is 0 Å². The van der Waals surface area contributed by atoms with E-state index < -0.39 is 0 Å². The molecule has 1 aromatic heterocycles. The Labute approximate surface area is 116 Å². The summed E-state index contributed by atoms with van der Waals surface area (Å²) in [6.07, 6.45) is 11.3. The van der Waals surface area contributed by atoms with Crippen LogP contribution in [0.25, 0.3) is 0 Å². The Kier molecular flexibility index (Phi) is 8.14. The predicted molar refractivity (Wildman–Crippen MR) is 78.3 cm³/mol. The molecule has 1 rings (SSSR count). The van der Waals surface area contributed by atoms with Gasteiger partial charge in [0.2, 0.25) is 5.88 Å². The summed E-state index contributed by atoms with van der Waals surface area (Å²) >= 11 is 0. The van der Waals surface area contributed by atoms with Crippen molar-refractivity contribution in [2.45, 2.75) is 64.3 Å². The quantitative estimate of drug-likeness (QED) is 0.660. The Balaban J connectivity index is 2.17. The summed E-state index contributed by atoms with van der Waals surface area (Å²) in [5.74, 6) is 0.608. The molecule has 2 N–H and O–H groups in total. The number of aromatic nitrogens is 2. The van der Waals surface area contributed by atoms with Crippen LogP contribution in [-0.2, 0) is 6.42 Å². The SMILES string of the molecule is CCCCCCCCC(N)Cc1cc(OC)ncn1. The molecule has 108 valence electrons. The number of nitrogens with zero attached hydrogens (tertiary/aromatic N) is 2. The highest BCUT2D eigenvalue weighted by Crippen LogP contribution is 2.12. The summed E-state index contributed by atoms with van der Waals surface area (Å²) in [5, 5.41) is 0. The van der Waals surface area contributed by atoms with Crippen molar-refractivity contribution in [3.63, 3.8) is 0 Å². The second kappa shape index (κ2) is 9.73. The van der Waals surface area contributed by atoms with Crippen LogP contribution in [0.1, 0.15) is 57.6 Å². The van der Waals surface area contributed by atoms with Gasteiger partial charge in [-0.05, 0) is 6.42 Å². The van der Waals surface area contributed by atoms with E-state index in [2.05, 4.69) is 16.9 Å². The van der Waals surface area contributed by atoms with E-state index in [0.29, 0.717) is 5.88 Å². The minimum atomic E-state index is 0.186. The molecule has 0 aromatic carbocycles. The van der Waals surface area contributed by atoms with Gasteiger partial charge in [-0.2, -0.15) is 0 Å². The summed E-state index contributed by atoms with van der Waals surface area (Å²) < 4.78 is 5.08. The van der Waals surface area contributed by atoms with Crippen LogP contribution in [-0.4, -0.2) is 23.1 Å². The minimum absolute atomic E-state index is 0.186. The van der Waals surface area contributed by atoms with Crippen LogP contribution in [0.5, 0.6) is 5.88 Å². The van der Waals surface area contributed by atoms with Crippen molar-refractivity contribution in [2.75, 3.05) is 7.11 Å². The monoisotopic (exact) mass is 265 g/mol. The van der Waals surface area contributed by atoms with E-state index in [9.17, 15) is 0 Å². The molecule has 0 bridgehead atoms. The zero-order chi connectivity index (χ0) is 13.9. The smallest absolute Gasteiger partial charge is 0.216 e. The van der Waals surface area contributed by atoms with Gasteiger partial charge in [-0.15, -0.1) is 0 Å². The Morgan fingerprint density at radius 2 is 1.89 bits per heavy atom. The van der Waals surface area contributed by atoms with Gasteiger partial charge in [0.05, 0.1) is 7.11 Å². The molecule has 0 aliphatic carbocycles. The van der Waals surface area contributed by atoms with Gasteiger partial charge in [-0.3, -0.25) is 0 Å². The molecule has 1 aromatic rings. The lowest BCUT2D eigenvalue weighted by atomic mass is 10.0. The van der Waals surface area contributed by atoms with E-state index in [1.807, 2.05) is 6.07 Å². The van der Waals surface area contributed by atoms with Crippen LogP contribution in [0.4, 0.5) is 0 Å². The van der Waals surface area contributed by atoms with Gasteiger partial charge < -0.3 is 10.5 Å². The Morgan fingerprint density at radius 1 is 1.16 bits per heavy atom. The van der Waals surface area contributed by atoms with E-state index in [1.165, 1.54) is 44.9 Å². The summed E-state index contributed by atoms with van der Waals surface area (Å²) in [7, 11) is 1.61. The molecule has 1 atom stereocenters. The van der Waals surface area contributed by atoms with Crippen LogP contribution in [0.15, 0.2) is 12.4 Å². The zero-order valence-electron chi connectivity index (χ0n) is 12.3. The molecule has 0 radical (unpaired) electrons. The van der Waals surface area contributed by atoms with Crippen LogP contribution < -0.4 is 10.5 Å². The third kappa shape index (κ3) is 7.11. The molecule has 4 heteroatoms. The summed E-state index contributed by atoms with van der Waals surface area (Å²) in [5.41, 5.74) is 7.10. The van der Waals surface area contributed by atoms with Gasteiger partial charge in [-0.25, -0.2) is 9.97 Å². The van der Waals surface area contributed by atoms with Crippen LogP contribution in [0, 0.1) is 0 Å². The normalized spacial score (nSPS) is 12.4. The van der Waals surface area contributed by atoms with Crippen molar-refractivity contribution in [3.8, 4) is 5.88 Å². The summed E-state index contributed by atoms with van der Waals surface area (Å²) in [4.78, 5) is 8.22. The van der Waals surface area contributed by atoms with Crippen molar-refractivity contribution in [2.24, 2.45) is 5.73 Å². The molecule has 0 saturated carbocycles. The average molecular weight is 265 g/mol. The van der Waals surface area contributed by atoms with Gasteiger partial charge in [-0.1, -0.05) is 45.4 Å². The molecular formula is C15H27N3O. The average Bonchev–Trinajstić information content (AvgIpc) is 2.43. The lowest BCUT2D eigenvalue weighted by Gasteiger charge is -2.11. The Hall–Kier alpha value is -1.16. The van der Waals surface area contributed by atoms with E-state index in [0.717, 1.165) is 18.5 Å². The van der Waals surface area contributed by atoms with Crippen molar-refractivity contribution in [3.05, 3.63) is 18.1 Å². The molecule has 1 heterocycles. The predicted octanol–water partition coefficient (Wildman–Crippen LogP) is 3.11. The zero-order valence-corrected chi connectivity index (χ0v) is 12.3. The first kappa shape index (κ1) is 15.9. The third-order valence-corrected chi connectivity index (χ3v) is 3.31. The summed E-state index contributed by atoms with van der Waals surface area (Å²) in [6.45, 7) is 2.24. The first-order valence-electron chi connectivity index (χ1n) is 7.36. The highest BCUT2D eigenvalue weighted by atomic mass is 16.5. The number of nitrogens with two attached hydrogens (primary N) is 1. The number of unbranched alkanes of at least 4 members (excludes halogenated alkanes) is 5. The largest absolute Gasteiger partial charge is 0.481 e. The second-order valence-electron chi connectivity index (χ2n) is 5.07. The summed E-state index contributed by atoms with van der Waals surface area (Å²) in [6, 6.07) is 2.05. The number of methoxy groups -OCH3 is 1. The molecular weight excluding hydrogens is 238 g/mol. The molecule has 1 unspecified atom stereocenters. The second-order valence-corrected chi connectivity index (χ2v) is 5.07.